The van der Waals surface area contributed by atoms with E-state index >= 15 is 0 Å². The van der Waals surface area contributed by atoms with Crippen LogP contribution in [0.4, 0.5) is 5.69 Å². The zero-order valence-electron chi connectivity index (χ0n) is 16.2. The second-order valence-electron chi connectivity index (χ2n) is 6.35. The predicted molar refractivity (Wildman–Crippen MR) is 114 cm³/mol. The Hall–Kier alpha value is -2.86. The molecule has 28 heavy (non-hydrogen) atoms. The quantitative estimate of drug-likeness (QED) is 0.587. The molecule has 1 aromatic heterocycles. The van der Waals surface area contributed by atoms with Gasteiger partial charge in [-0.05, 0) is 48.7 Å². The largest absolute Gasteiger partial charge is 0.495 e. The topological polar surface area (TPSA) is 64.1 Å². The molecule has 3 rings (SSSR count). The Bertz CT molecular complexity index is 941. The summed E-state index contributed by atoms with van der Waals surface area (Å²) in [4.78, 5) is 12.3. The summed E-state index contributed by atoms with van der Waals surface area (Å²) >= 11 is 1.35. The van der Waals surface area contributed by atoms with E-state index in [4.69, 9.17) is 4.74 Å². The summed E-state index contributed by atoms with van der Waals surface area (Å²) in [6.45, 7) is 4.10. The Morgan fingerprint density at radius 1 is 1.07 bits per heavy atom. The number of anilines is 1. The van der Waals surface area contributed by atoms with Gasteiger partial charge in [-0.3, -0.25) is 4.79 Å². The maximum Gasteiger partial charge on any atom is 0.234 e. The van der Waals surface area contributed by atoms with Gasteiger partial charge in [0, 0.05) is 5.56 Å². The molecule has 0 spiro atoms. The normalized spacial score (nSPS) is 10.5. The molecule has 1 heterocycles. The van der Waals surface area contributed by atoms with E-state index in [1.165, 1.54) is 17.3 Å². The van der Waals surface area contributed by atoms with Gasteiger partial charge in [-0.25, -0.2) is 0 Å². The van der Waals surface area contributed by atoms with Gasteiger partial charge in [-0.2, -0.15) is 0 Å². The predicted octanol–water partition coefficient (Wildman–Crippen LogP) is 4.75. The van der Waals surface area contributed by atoms with Crippen LogP contribution >= 0.6 is 11.8 Å². The van der Waals surface area contributed by atoms with Crippen LogP contribution in [0.5, 0.6) is 5.75 Å². The summed E-state index contributed by atoms with van der Waals surface area (Å²) in [5.74, 6) is 0.771. The molecule has 0 aliphatic carbocycles. The minimum Gasteiger partial charge on any atom is -0.495 e. The fourth-order valence-electron chi connectivity index (χ4n) is 2.71. The summed E-state index contributed by atoms with van der Waals surface area (Å²) in [7, 11) is 1.59. The first kappa shape index (κ1) is 19.9. The van der Waals surface area contributed by atoms with Crippen LogP contribution in [0.15, 0.2) is 59.6 Å². The number of amides is 1. The van der Waals surface area contributed by atoms with E-state index in [0.717, 1.165) is 23.2 Å². The number of carbonyl (C=O) groups excluding carboxylic acids is 1. The lowest BCUT2D eigenvalue weighted by molar-refractivity contribution is -0.113. The number of carbonyl (C=O) groups is 1. The molecule has 3 aromatic rings. The average molecular weight is 394 g/mol. The van der Waals surface area contributed by atoms with Gasteiger partial charge in [0.1, 0.15) is 10.8 Å². The third-order valence-electron chi connectivity index (χ3n) is 4.28. The van der Waals surface area contributed by atoms with E-state index in [1.807, 2.05) is 37.3 Å². The van der Waals surface area contributed by atoms with Crippen molar-refractivity contribution in [3.8, 4) is 17.0 Å². The number of nitrogens with zero attached hydrogens (tertiary/aromatic N) is 2. The summed E-state index contributed by atoms with van der Waals surface area (Å²) in [6, 6.07) is 17.8. The maximum absolute atomic E-state index is 12.3. The van der Waals surface area contributed by atoms with Crippen LogP contribution in [-0.4, -0.2) is 29.0 Å². The van der Waals surface area contributed by atoms with Crippen LogP contribution in [0, 0.1) is 6.92 Å². The second-order valence-corrected chi connectivity index (χ2v) is 7.34. The smallest absolute Gasteiger partial charge is 0.234 e. The number of aryl methyl sites for hydroxylation is 2. The number of thioether (sulfide) groups is 1. The number of hydrogen-bond donors (Lipinski definition) is 1. The highest BCUT2D eigenvalue weighted by Gasteiger charge is 2.09. The lowest BCUT2D eigenvalue weighted by atomic mass is 10.1. The van der Waals surface area contributed by atoms with Crippen molar-refractivity contribution in [1.82, 2.24) is 10.2 Å². The first-order valence-electron chi connectivity index (χ1n) is 9.09. The van der Waals surface area contributed by atoms with Crippen LogP contribution in [-0.2, 0) is 11.2 Å². The Labute approximate surface area is 169 Å². The monoisotopic (exact) mass is 393 g/mol. The number of nitrogens with one attached hydrogen (secondary N) is 1. The number of methoxy groups -OCH3 is 1. The molecular weight excluding hydrogens is 370 g/mol. The molecule has 0 fully saturated rings. The van der Waals surface area contributed by atoms with Crippen LogP contribution < -0.4 is 10.1 Å². The van der Waals surface area contributed by atoms with Gasteiger partial charge < -0.3 is 10.1 Å². The number of hydrogen-bond acceptors (Lipinski definition) is 5. The standard InChI is InChI=1S/C22H23N3O2S/c1-4-16-6-8-17(9-7-16)18-10-12-22(25-24-18)28-14-21(26)23-19-13-15(2)5-11-20(19)27-3/h5-13H,4,14H2,1-3H3,(H,23,26). The molecule has 6 heteroatoms. The van der Waals surface area contributed by atoms with Gasteiger partial charge in [-0.1, -0.05) is 49.0 Å². The second kappa shape index (κ2) is 9.37. The zero-order valence-corrected chi connectivity index (χ0v) is 17.0. The van der Waals surface area contributed by atoms with E-state index in [2.05, 4.69) is 46.7 Å². The van der Waals surface area contributed by atoms with Crippen LogP contribution in [0.25, 0.3) is 11.3 Å². The zero-order chi connectivity index (χ0) is 19.9. The van der Waals surface area contributed by atoms with Crippen LogP contribution in [0.3, 0.4) is 0 Å². The molecule has 0 saturated carbocycles. The molecule has 2 aromatic carbocycles. The van der Waals surface area contributed by atoms with E-state index in [-0.39, 0.29) is 11.7 Å². The molecule has 0 aliphatic heterocycles. The molecule has 144 valence electrons. The molecule has 0 saturated heterocycles. The van der Waals surface area contributed by atoms with Gasteiger partial charge in [0.2, 0.25) is 5.91 Å². The van der Waals surface area contributed by atoms with Crippen molar-refractivity contribution < 1.29 is 9.53 Å². The highest BCUT2D eigenvalue weighted by molar-refractivity contribution is 7.99. The minimum atomic E-state index is -0.116. The van der Waals surface area contributed by atoms with E-state index in [1.54, 1.807) is 7.11 Å². The van der Waals surface area contributed by atoms with Gasteiger partial charge in [0.05, 0.1) is 24.2 Å². The molecule has 1 amide bonds. The Kier molecular flexibility index (Phi) is 6.66. The van der Waals surface area contributed by atoms with E-state index in [9.17, 15) is 4.79 Å². The molecule has 5 nitrogen and oxygen atoms in total. The Balaban J connectivity index is 1.58. The molecular formula is C22H23N3O2S. The maximum atomic E-state index is 12.3. The van der Waals surface area contributed by atoms with Crippen molar-refractivity contribution in [2.45, 2.75) is 25.3 Å². The molecule has 0 radical (unpaired) electrons. The highest BCUT2D eigenvalue weighted by atomic mass is 32.2. The third kappa shape index (κ3) is 5.10. The summed E-state index contributed by atoms with van der Waals surface area (Å²) in [5, 5.41) is 12.1. The van der Waals surface area contributed by atoms with Crippen molar-refractivity contribution in [3.63, 3.8) is 0 Å². The fraction of sp³-hybridized carbons (Fsp3) is 0.227. The molecule has 0 bridgehead atoms. The SMILES string of the molecule is CCc1ccc(-c2ccc(SCC(=O)Nc3cc(C)ccc3OC)nn2)cc1. The first-order chi connectivity index (χ1) is 13.6. The van der Waals surface area contributed by atoms with Crippen LogP contribution in [0.2, 0.25) is 0 Å². The van der Waals surface area contributed by atoms with Crippen molar-refractivity contribution in [2.24, 2.45) is 0 Å². The summed E-state index contributed by atoms with van der Waals surface area (Å²) in [6.07, 6.45) is 1.01. The van der Waals surface area contributed by atoms with Gasteiger partial charge >= 0.3 is 0 Å². The van der Waals surface area contributed by atoms with E-state index < -0.39 is 0 Å². The van der Waals surface area contributed by atoms with Crippen molar-refractivity contribution in [1.29, 1.82) is 0 Å². The molecule has 0 aliphatic rings. The van der Waals surface area contributed by atoms with Crippen LogP contribution in [0.1, 0.15) is 18.1 Å². The average Bonchev–Trinajstić information content (AvgIpc) is 2.73. The van der Waals surface area contributed by atoms with Gasteiger partial charge in [0.25, 0.3) is 0 Å². The molecule has 0 unspecified atom stereocenters. The molecule has 0 atom stereocenters. The third-order valence-corrected chi connectivity index (χ3v) is 5.20. The van der Waals surface area contributed by atoms with Gasteiger partial charge in [-0.15, -0.1) is 10.2 Å². The number of rotatable bonds is 7. The fourth-order valence-corrected chi connectivity index (χ4v) is 3.32. The number of benzene rings is 2. The minimum absolute atomic E-state index is 0.116. The summed E-state index contributed by atoms with van der Waals surface area (Å²) in [5.41, 5.74) is 4.87. The Morgan fingerprint density at radius 2 is 1.86 bits per heavy atom. The van der Waals surface area contributed by atoms with Gasteiger partial charge in [0.15, 0.2) is 0 Å². The first-order valence-corrected chi connectivity index (χ1v) is 10.1. The lowest BCUT2D eigenvalue weighted by Crippen LogP contribution is -2.15. The number of ether oxygens (including phenoxy) is 1. The summed E-state index contributed by atoms with van der Waals surface area (Å²) < 4.78 is 5.29. The van der Waals surface area contributed by atoms with Crippen molar-refractivity contribution in [3.05, 3.63) is 65.7 Å². The van der Waals surface area contributed by atoms with E-state index in [0.29, 0.717) is 16.5 Å². The van der Waals surface area contributed by atoms with Crippen molar-refractivity contribution in [2.75, 3.05) is 18.2 Å². The highest BCUT2D eigenvalue weighted by Crippen LogP contribution is 2.26. The lowest BCUT2D eigenvalue weighted by Gasteiger charge is -2.10. The Morgan fingerprint density at radius 3 is 2.50 bits per heavy atom. The van der Waals surface area contributed by atoms with Crippen molar-refractivity contribution >= 4 is 23.4 Å². The number of aromatic nitrogens is 2. The molecule has 1 N–H and O–H groups in total.